The second-order valence-electron chi connectivity index (χ2n) is 3.82. The summed E-state index contributed by atoms with van der Waals surface area (Å²) in [7, 11) is 0. The standard InChI is InChI=1S/C16H12N2S/c17-12-14(11-13-7-3-1-4-8-13)16(18)19-15-9-5-2-6-10-15/h1-11,18H/b14-11+,18-16?. The lowest BCUT2D eigenvalue weighted by Gasteiger charge is -2.02. The van der Waals surface area contributed by atoms with Crippen molar-refractivity contribution < 1.29 is 0 Å². The second-order valence-corrected chi connectivity index (χ2v) is 4.91. The van der Waals surface area contributed by atoms with Gasteiger partial charge in [-0.2, -0.15) is 5.26 Å². The molecule has 0 unspecified atom stereocenters. The molecular formula is C16H12N2S. The van der Waals surface area contributed by atoms with Crippen molar-refractivity contribution >= 4 is 22.9 Å². The van der Waals surface area contributed by atoms with Gasteiger partial charge in [0.2, 0.25) is 0 Å². The van der Waals surface area contributed by atoms with Crippen LogP contribution in [0.1, 0.15) is 5.56 Å². The largest absolute Gasteiger partial charge is 0.292 e. The Kier molecular flexibility index (Phi) is 4.54. The minimum atomic E-state index is 0.262. The van der Waals surface area contributed by atoms with E-state index < -0.39 is 0 Å². The highest BCUT2D eigenvalue weighted by molar-refractivity contribution is 8.14. The molecule has 0 aliphatic carbocycles. The third kappa shape index (κ3) is 3.84. The Bertz CT molecular complexity index is 625. The van der Waals surface area contributed by atoms with E-state index in [4.69, 9.17) is 10.7 Å². The van der Waals surface area contributed by atoms with Crippen LogP contribution in [0.15, 0.2) is 71.1 Å². The lowest BCUT2D eigenvalue weighted by atomic mass is 10.1. The van der Waals surface area contributed by atoms with E-state index in [-0.39, 0.29) is 5.04 Å². The average molecular weight is 264 g/mol. The van der Waals surface area contributed by atoms with Crippen LogP contribution < -0.4 is 0 Å². The molecule has 2 aromatic rings. The minimum absolute atomic E-state index is 0.262. The van der Waals surface area contributed by atoms with Crippen LogP contribution >= 0.6 is 11.8 Å². The van der Waals surface area contributed by atoms with Crippen LogP contribution in [0.5, 0.6) is 0 Å². The first-order chi connectivity index (χ1) is 9.29. The number of hydrogen-bond acceptors (Lipinski definition) is 3. The van der Waals surface area contributed by atoms with Crippen LogP contribution in [0.25, 0.3) is 6.08 Å². The average Bonchev–Trinajstić information content (AvgIpc) is 2.47. The molecule has 0 saturated heterocycles. The number of nitrogens with zero attached hydrogens (tertiary/aromatic N) is 1. The van der Waals surface area contributed by atoms with Crippen molar-refractivity contribution in [2.24, 2.45) is 0 Å². The monoisotopic (exact) mass is 264 g/mol. The molecule has 1 N–H and O–H groups in total. The fourth-order valence-corrected chi connectivity index (χ4v) is 2.27. The first-order valence-corrected chi connectivity index (χ1v) is 6.60. The molecule has 0 atom stereocenters. The summed E-state index contributed by atoms with van der Waals surface area (Å²) in [5.41, 5.74) is 1.30. The molecule has 2 nitrogen and oxygen atoms in total. The molecule has 0 saturated carbocycles. The second kappa shape index (κ2) is 6.58. The smallest absolute Gasteiger partial charge is 0.110 e. The van der Waals surface area contributed by atoms with Crippen LogP contribution in [-0.2, 0) is 0 Å². The zero-order valence-electron chi connectivity index (χ0n) is 10.2. The van der Waals surface area contributed by atoms with Gasteiger partial charge in [0.1, 0.15) is 11.1 Å². The van der Waals surface area contributed by atoms with E-state index in [1.807, 2.05) is 60.7 Å². The van der Waals surface area contributed by atoms with Crippen LogP contribution in [0, 0.1) is 16.7 Å². The Hall–Kier alpha value is -2.31. The van der Waals surface area contributed by atoms with Crippen molar-refractivity contribution in [2.75, 3.05) is 0 Å². The van der Waals surface area contributed by atoms with Gasteiger partial charge in [0, 0.05) is 4.90 Å². The molecule has 0 spiro atoms. The first kappa shape index (κ1) is 13.1. The fourth-order valence-electron chi connectivity index (χ4n) is 1.53. The lowest BCUT2D eigenvalue weighted by Crippen LogP contribution is -1.93. The zero-order chi connectivity index (χ0) is 13.5. The summed E-state index contributed by atoms with van der Waals surface area (Å²) in [5.74, 6) is 0. The maximum absolute atomic E-state index is 9.16. The van der Waals surface area contributed by atoms with E-state index in [0.717, 1.165) is 10.5 Å². The Morgan fingerprint density at radius 3 is 2.16 bits per heavy atom. The molecule has 2 rings (SSSR count). The predicted octanol–water partition coefficient (Wildman–Crippen LogP) is 4.36. The number of thioether (sulfide) groups is 1. The van der Waals surface area contributed by atoms with Gasteiger partial charge in [-0.3, -0.25) is 5.41 Å². The third-order valence-electron chi connectivity index (χ3n) is 2.44. The molecule has 0 fully saturated rings. The lowest BCUT2D eigenvalue weighted by molar-refractivity contribution is 1.46. The van der Waals surface area contributed by atoms with Gasteiger partial charge >= 0.3 is 0 Å². The maximum atomic E-state index is 9.16. The molecule has 0 aliphatic heterocycles. The topological polar surface area (TPSA) is 47.6 Å². The van der Waals surface area contributed by atoms with Crippen LogP contribution in [0.2, 0.25) is 0 Å². The molecule has 0 aliphatic rings. The van der Waals surface area contributed by atoms with Gasteiger partial charge in [-0.05, 0) is 23.8 Å². The Labute approximate surface area is 116 Å². The van der Waals surface area contributed by atoms with Gasteiger partial charge in [-0.25, -0.2) is 0 Å². The van der Waals surface area contributed by atoms with Crippen molar-refractivity contribution in [1.82, 2.24) is 0 Å². The predicted molar refractivity (Wildman–Crippen MR) is 80.1 cm³/mol. The molecule has 92 valence electrons. The minimum Gasteiger partial charge on any atom is -0.292 e. The zero-order valence-corrected chi connectivity index (χ0v) is 11.0. The van der Waals surface area contributed by atoms with Crippen LogP contribution in [-0.4, -0.2) is 5.04 Å². The number of benzene rings is 2. The van der Waals surface area contributed by atoms with E-state index in [9.17, 15) is 0 Å². The van der Waals surface area contributed by atoms with Gasteiger partial charge in [-0.15, -0.1) is 0 Å². The van der Waals surface area contributed by atoms with E-state index >= 15 is 0 Å². The Balaban J connectivity index is 2.17. The molecular weight excluding hydrogens is 252 g/mol. The summed E-state index contributed by atoms with van der Waals surface area (Å²) < 4.78 is 0. The van der Waals surface area contributed by atoms with E-state index in [1.54, 1.807) is 6.08 Å². The van der Waals surface area contributed by atoms with Gasteiger partial charge < -0.3 is 0 Å². The summed E-state index contributed by atoms with van der Waals surface area (Å²) in [6.45, 7) is 0. The fraction of sp³-hybridized carbons (Fsp3) is 0. The van der Waals surface area contributed by atoms with Gasteiger partial charge in [-0.1, -0.05) is 60.3 Å². The Morgan fingerprint density at radius 2 is 1.58 bits per heavy atom. The Morgan fingerprint density at radius 1 is 1.00 bits per heavy atom. The van der Waals surface area contributed by atoms with Crippen LogP contribution in [0.3, 0.4) is 0 Å². The SMILES string of the molecule is N#C/C(=C\c1ccccc1)C(=N)Sc1ccccc1. The highest BCUT2D eigenvalue weighted by atomic mass is 32.2. The van der Waals surface area contributed by atoms with Crippen molar-refractivity contribution in [1.29, 1.82) is 10.7 Å². The normalized spacial score (nSPS) is 10.8. The van der Waals surface area contributed by atoms with Gasteiger partial charge in [0.15, 0.2) is 0 Å². The highest BCUT2D eigenvalue weighted by Crippen LogP contribution is 2.23. The van der Waals surface area contributed by atoms with Gasteiger partial charge in [0.25, 0.3) is 0 Å². The van der Waals surface area contributed by atoms with Crippen LogP contribution in [0.4, 0.5) is 0 Å². The molecule has 0 radical (unpaired) electrons. The summed E-state index contributed by atoms with van der Waals surface area (Å²) in [5, 5.41) is 17.4. The van der Waals surface area contributed by atoms with Gasteiger partial charge in [0.05, 0.1) is 5.57 Å². The summed E-state index contributed by atoms with van der Waals surface area (Å²) in [6, 6.07) is 21.3. The van der Waals surface area contributed by atoms with E-state index in [1.165, 1.54) is 11.8 Å². The molecule has 0 amide bonds. The number of nitrogens with one attached hydrogen (secondary N) is 1. The number of rotatable bonds is 3. The number of nitriles is 1. The van der Waals surface area contributed by atoms with Crippen molar-refractivity contribution in [3.63, 3.8) is 0 Å². The summed E-state index contributed by atoms with van der Waals surface area (Å²) in [6.07, 6.45) is 1.73. The quantitative estimate of drug-likeness (QED) is 0.387. The van der Waals surface area contributed by atoms with Crippen molar-refractivity contribution in [2.45, 2.75) is 4.90 Å². The van der Waals surface area contributed by atoms with E-state index in [0.29, 0.717) is 5.57 Å². The highest BCUT2D eigenvalue weighted by Gasteiger charge is 2.06. The molecule has 19 heavy (non-hydrogen) atoms. The molecule has 0 heterocycles. The summed E-state index contributed by atoms with van der Waals surface area (Å²) in [4.78, 5) is 0.960. The summed E-state index contributed by atoms with van der Waals surface area (Å²) >= 11 is 1.29. The van der Waals surface area contributed by atoms with E-state index in [2.05, 4.69) is 6.07 Å². The third-order valence-corrected chi connectivity index (χ3v) is 3.37. The number of hydrogen-bond donors (Lipinski definition) is 1. The molecule has 2 aromatic carbocycles. The molecule has 0 aromatic heterocycles. The molecule has 3 heteroatoms. The van der Waals surface area contributed by atoms with Crippen molar-refractivity contribution in [3.05, 3.63) is 71.8 Å². The van der Waals surface area contributed by atoms with Crippen molar-refractivity contribution in [3.8, 4) is 6.07 Å². The maximum Gasteiger partial charge on any atom is 0.110 e. The molecule has 0 bridgehead atoms. The first-order valence-electron chi connectivity index (χ1n) is 5.78.